The lowest BCUT2D eigenvalue weighted by Gasteiger charge is -2.40. The van der Waals surface area contributed by atoms with Gasteiger partial charge in [0, 0.05) is 23.5 Å². The smallest absolute Gasteiger partial charge is 0.231 e. The second-order valence-corrected chi connectivity index (χ2v) is 10.0. The molecule has 5 aliphatic heterocycles. The number of ether oxygens (including phenoxy) is 8. The van der Waals surface area contributed by atoms with E-state index < -0.39 is 43.4 Å². The van der Waals surface area contributed by atoms with Crippen molar-refractivity contribution in [2.24, 2.45) is 11.8 Å². The lowest BCUT2D eigenvalue weighted by Crippen LogP contribution is -2.60. The number of fused-ring (bicyclic) bond motifs is 3. The van der Waals surface area contributed by atoms with Crippen LogP contribution in [0.2, 0.25) is 0 Å². The lowest BCUT2D eigenvalue weighted by atomic mass is 9.84. The third kappa shape index (κ3) is 3.87. The van der Waals surface area contributed by atoms with Crippen molar-refractivity contribution in [2.45, 2.75) is 42.9 Å². The van der Waals surface area contributed by atoms with E-state index in [0.717, 1.165) is 5.56 Å². The van der Waals surface area contributed by atoms with Gasteiger partial charge in [0.25, 0.3) is 0 Å². The minimum atomic E-state index is -1.57. The summed E-state index contributed by atoms with van der Waals surface area (Å²) in [5.41, 5.74) is 1.63. The van der Waals surface area contributed by atoms with Crippen molar-refractivity contribution in [2.75, 3.05) is 33.4 Å². The third-order valence-electron chi connectivity index (χ3n) is 7.89. The van der Waals surface area contributed by atoms with Crippen LogP contribution in [0.1, 0.15) is 23.3 Å². The van der Waals surface area contributed by atoms with E-state index in [0.29, 0.717) is 47.5 Å². The summed E-state index contributed by atoms with van der Waals surface area (Å²) in [4.78, 5) is 0. The number of benzene rings is 2. The maximum absolute atomic E-state index is 10.5. The summed E-state index contributed by atoms with van der Waals surface area (Å²) in [5, 5.41) is 40.5. The summed E-state index contributed by atoms with van der Waals surface area (Å²) in [6.07, 6.45) is -7.70. The molecule has 2 unspecified atom stereocenters. The predicted octanol–water partition coefficient (Wildman–Crippen LogP) is 0.398. The van der Waals surface area contributed by atoms with E-state index in [4.69, 9.17) is 37.9 Å². The molecule has 7 rings (SSSR count). The number of hydrogen-bond acceptors (Lipinski definition) is 12. The van der Waals surface area contributed by atoms with Gasteiger partial charge in [0.05, 0.1) is 32.0 Å². The highest BCUT2D eigenvalue weighted by Gasteiger charge is 2.50. The van der Waals surface area contributed by atoms with Crippen molar-refractivity contribution in [3.05, 3.63) is 41.5 Å². The van der Waals surface area contributed by atoms with E-state index in [1.807, 2.05) is 18.2 Å². The van der Waals surface area contributed by atoms with Crippen LogP contribution in [0.5, 0.6) is 28.7 Å². The number of hydrogen-bond donors (Lipinski definition) is 4. The van der Waals surface area contributed by atoms with Crippen LogP contribution in [0.25, 0.3) is 0 Å². The minimum Gasteiger partial charge on any atom is -0.461 e. The van der Waals surface area contributed by atoms with Gasteiger partial charge in [-0.15, -0.1) is 0 Å². The quantitative estimate of drug-likeness (QED) is 0.421. The fraction of sp³-hybridized carbons (Fsp3) is 0.538. The van der Waals surface area contributed by atoms with Crippen molar-refractivity contribution in [3.8, 4) is 28.7 Å². The monoisotopic (exact) mass is 532 g/mol. The first-order chi connectivity index (χ1) is 18.5. The molecule has 3 saturated heterocycles. The molecule has 5 heterocycles. The van der Waals surface area contributed by atoms with Crippen molar-refractivity contribution < 1.29 is 58.3 Å². The summed E-state index contributed by atoms with van der Waals surface area (Å²) >= 11 is 0. The molecule has 9 atom stereocenters. The van der Waals surface area contributed by atoms with Crippen LogP contribution < -0.4 is 23.7 Å². The zero-order valence-corrected chi connectivity index (χ0v) is 20.2. The highest BCUT2D eigenvalue weighted by atomic mass is 16.7. The Morgan fingerprint density at radius 1 is 0.737 bits per heavy atom. The zero-order valence-electron chi connectivity index (χ0n) is 20.2. The van der Waals surface area contributed by atoms with E-state index in [1.165, 1.54) is 0 Å². The van der Waals surface area contributed by atoms with Crippen molar-refractivity contribution in [3.63, 3.8) is 0 Å². The van der Waals surface area contributed by atoms with E-state index >= 15 is 0 Å². The molecule has 0 amide bonds. The van der Waals surface area contributed by atoms with Crippen LogP contribution >= 0.6 is 0 Å². The van der Waals surface area contributed by atoms with Gasteiger partial charge < -0.3 is 58.3 Å². The average molecular weight is 532 g/mol. The number of aliphatic hydroxyl groups excluding tert-OH is 4. The molecule has 12 heteroatoms. The number of aliphatic hydroxyl groups is 4. The van der Waals surface area contributed by atoms with Crippen molar-refractivity contribution in [1.29, 1.82) is 0 Å². The summed E-state index contributed by atoms with van der Waals surface area (Å²) in [5.74, 6) is 2.73. The normalized spacial score (nSPS) is 36.9. The maximum Gasteiger partial charge on any atom is 0.231 e. The highest BCUT2D eigenvalue weighted by Crippen LogP contribution is 2.54. The topological polar surface area (TPSA) is 155 Å². The van der Waals surface area contributed by atoms with Crippen LogP contribution in [0.15, 0.2) is 30.3 Å². The first-order valence-electron chi connectivity index (χ1n) is 12.6. The van der Waals surface area contributed by atoms with Gasteiger partial charge in [-0.1, -0.05) is 6.07 Å². The molecule has 12 nitrogen and oxygen atoms in total. The minimum absolute atomic E-state index is 0.0112. The van der Waals surface area contributed by atoms with Crippen LogP contribution in [0.4, 0.5) is 0 Å². The van der Waals surface area contributed by atoms with Gasteiger partial charge >= 0.3 is 0 Å². The van der Waals surface area contributed by atoms with Crippen molar-refractivity contribution >= 4 is 0 Å². The molecule has 4 N–H and O–H groups in total. The first-order valence-corrected chi connectivity index (χ1v) is 12.6. The molecule has 0 aromatic heterocycles. The average Bonchev–Trinajstić information content (AvgIpc) is 3.72. The van der Waals surface area contributed by atoms with Gasteiger partial charge in [0.1, 0.15) is 30.2 Å². The van der Waals surface area contributed by atoms with Crippen LogP contribution in [0.3, 0.4) is 0 Å². The number of rotatable bonds is 5. The third-order valence-corrected chi connectivity index (χ3v) is 7.89. The molecule has 38 heavy (non-hydrogen) atoms. The maximum atomic E-state index is 10.5. The molecule has 0 spiro atoms. The van der Waals surface area contributed by atoms with E-state index in [1.54, 1.807) is 12.1 Å². The Morgan fingerprint density at radius 3 is 2.16 bits per heavy atom. The Kier molecular flexibility index (Phi) is 6.00. The molecule has 3 fully saturated rings. The van der Waals surface area contributed by atoms with Crippen LogP contribution in [-0.2, 0) is 14.2 Å². The molecule has 0 aliphatic carbocycles. The van der Waals surface area contributed by atoms with Crippen LogP contribution in [0, 0.1) is 11.8 Å². The van der Waals surface area contributed by atoms with E-state index in [2.05, 4.69) is 0 Å². The van der Waals surface area contributed by atoms with Crippen LogP contribution in [-0.4, -0.2) is 84.5 Å². The van der Waals surface area contributed by atoms with Gasteiger partial charge in [-0.2, -0.15) is 0 Å². The molecule has 0 radical (unpaired) electrons. The standard InChI is InChI=1S/C26H28O12/c27-6-20-21(28)22(29)23(30)26(38-20)37-16-5-19-18(35-10-36-19)4-12(16)25-14-8-31-24(13(14)7-32-25)11-1-2-15-17(3-11)34-9-33-15/h1-5,13-14,20-30H,6-10H2/t13?,14?,20-,21-,22+,23-,24-,25-,26-/m1/s1. The Labute approximate surface area is 217 Å². The summed E-state index contributed by atoms with van der Waals surface area (Å²) in [7, 11) is 0. The second-order valence-electron chi connectivity index (χ2n) is 10.0. The molecular weight excluding hydrogens is 504 g/mol. The van der Waals surface area contributed by atoms with E-state index in [9.17, 15) is 20.4 Å². The summed E-state index contributed by atoms with van der Waals surface area (Å²) in [6, 6.07) is 9.20. The Balaban J connectivity index is 1.17. The molecule has 0 saturated carbocycles. The first kappa shape index (κ1) is 24.2. The fourth-order valence-electron chi connectivity index (χ4n) is 5.86. The zero-order chi connectivity index (χ0) is 26.0. The molecule has 2 aromatic rings. The Hall–Kier alpha value is -2.84. The SMILES string of the molecule is OC[C@H]1O[C@@H](Oc2cc3c(cc2[C@H]2OCC4C2CO[C@@H]4c2ccc4c(c2)OCO4)OCO3)[C@H](O)[C@@H](O)[C@@H]1O. The lowest BCUT2D eigenvalue weighted by molar-refractivity contribution is -0.277. The van der Waals surface area contributed by atoms with Gasteiger partial charge in [-0.25, -0.2) is 0 Å². The molecule has 204 valence electrons. The predicted molar refractivity (Wildman–Crippen MR) is 124 cm³/mol. The second kappa shape index (κ2) is 9.42. The highest BCUT2D eigenvalue weighted by molar-refractivity contribution is 5.53. The molecule has 0 bridgehead atoms. The summed E-state index contributed by atoms with van der Waals surface area (Å²) in [6.45, 7) is 0.575. The Bertz CT molecular complexity index is 1200. The largest absolute Gasteiger partial charge is 0.461 e. The summed E-state index contributed by atoms with van der Waals surface area (Å²) < 4.78 is 46.3. The Morgan fingerprint density at radius 2 is 1.39 bits per heavy atom. The van der Waals surface area contributed by atoms with E-state index in [-0.39, 0.29) is 31.5 Å². The van der Waals surface area contributed by atoms with Gasteiger partial charge in [-0.05, 0) is 23.8 Å². The molecule has 5 aliphatic rings. The van der Waals surface area contributed by atoms with Crippen molar-refractivity contribution in [1.82, 2.24) is 0 Å². The van der Waals surface area contributed by atoms with Gasteiger partial charge in [0.15, 0.2) is 23.0 Å². The molecular formula is C26H28O12. The van der Waals surface area contributed by atoms with Gasteiger partial charge in [0.2, 0.25) is 19.9 Å². The molecule has 2 aromatic carbocycles. The van der Waals surface area contributed by atoms with Gasteiger partial charge in [-0.3, -0.25) is 0 Å². The fourth-order valence-corrected chi connectivity index (χ4v) is 5.86.